The lowest BCUT2D eigenvalue weighted by Gasteiger charge is -2.32. The standard InChI is InChI=1S/C17H24N2O4/c1-22-11-8-16(20)18-14-6-9-19(10-7-14)17(21)13-4-3-5-15(12-13)23-2/h3-5,12,14H,6-11H2,1-2H3,(H,18,20). The molecule has 1 saturated heterocycles. The lowest BCUT2D eigenvalue weighted by molar-refractivity contribution is -0.122. The van der Waals surface area contributed by atoms with E-state index in [1.54, 1.807) is 26.4 Å². The van der Waals surface area contributed by atoms with Gasteiger partial charge in [-0.3, -0.25) is 9.59 Å². The Labute approximate surface area is 136 Å². The number of carbonyl (C=O) groups is 2. The van der Waals surface area contributed by atoms with Crippen LogP contribution in [0.2, 0.25) is 0 Å². The van der Waals surface area contributed by atoms with Crippen LogP contribution in [0.25, 0.3) is 0 Å². The number of hydrogen-bond acceptors (Lipinski definition) is 4. The average molecular weight is 320 g/mol. The second kappa shape index (κ2) is 8.53. The number of methoxy groups -OCH3 is 2. The highest BCUT2D eigenvalue weighted by molar-refractivity contribution is 5.94. The van der Waals surface area contributed by atoms with Gasteiger partial charge in [-0.15, -0.1) is 0 Å². The molecule has 23 heavy (non-hydrogen) atoms. The van der Waals surface area contributed by atoms with Crippen molar-refractivity contribution < 1.29 is 19.1 Å². The Balaban J connectivity index is 1.83. The van der Waals surface area contributed by atoms with Crippen molar-refractivity contribution >= 4 is 11.8 Å². The minimum Gasteiger partial charge on any atom is -0.497 e. The van der Waals surface area contributed by atoms with E-state index in [1.807, 2.05) is 17.0 Å². The molecule has 0 unspecified atom stereocenters. The molecule has 1 aromatic rings. The molecule has 2 amide bonds. The molecule has 0 aliphatic carbocycles. The Morgan fingerprint density at radius 2 is 2.00 bits per heavy atom. The Hall–Kier alpha value is -2.08. The minimum absolute atomic E-state index is 0.00409. The number of nitrogens with zero attached hydrogens (tertiary/aromatic N) is 1. The first-order valence-electron chi connectivity index (χ1n) is 7.85. The third-order valence-corrected chi connectivity index (χ3v) is 4.00. The van der Waals surface area contributed by atoms with E-state index in [0.717, 1.165) is 12.8 Å². The van der Waals surface area contributed by atoms with Crippen LogP contribution in [-0.4, -0.2) is 56.7 Å². The van der Waals surface area contributed by atoms with Gasteiger partial charge in [0.1, 0.15) is 5.75 Å². The molecule has 1 aliphatic rings. The van der Waals surface area contributed by atoms with Crippen LogP contribution in [0.3, 0.4) is 0 Å². The van der Waals surface area contributed by atoms with Gasteiger partial charge in [0.05, 0.1) is 13.7 Å². The maximum absolute atomic E-state index is 12.5. The van der Waals surface area contributed by atoms with E-state index >= 15 is 0 Å². The van der Waals surface area contributed by atoms with Crippen LogP contribution in [0, 0.1) is 0 Å². The first-order valence-corrected chi connectivity index (χ1v) is 7.85. The largest absolute Gasteiger partial charge is 0.497 e. The molecule has 6 heteroatoms. The van der Waals surface area contributed by atoms with Gasteiger partial charge in [-0.2, -0.15) is 0 Å². The summed E-state index contributed by atoms with van der Waals surface area (Å²) in [6.45, 7) is 1.72. The van der Waals surface area contributed by atoms with Crippen LogP contribution in [0.1, 0.15) is 29.6 Å². The van der Waals surface area contributed by atoms with E-state index < -0.39 is 0 Å². The number of ether oxygens (including phenoxy) is 2. The number of amides is 2. The Morgan fingerprint density at radius 3 is 2.65 bits per heavy atom. The molecule has 0 spiro atoms. The van der Waals surface area contributed by atoms with E-state index in [2.05, 4.69) is 5.32 Å². The summed E-state index contributed by atoms with van der Waals surface area (Å²) >= 11 is 0. The highest BCUT2D eigenvalue weighted by Crippen LogP contribution is 2.17. The van der Waals surface area contributed by atoms with Gasteiger partial charge in [-0.25, -0.2) is 0 Å². The van der Waals surface area contributed by atoms with E-state index in [0.29, 0.717) is 37.4 Å². The lowest BCUT2D eigenvalue weighted by atomic mass is 10.0. The van der Waals surface area contributed by atoms with Gasteiger partial charge < -0.3 is 19.7 Å². The van der Waals surface area contributed by atoms with Crippen LogP contribution in [-0.2, 0) is 9.53 Å². The summed E-state index contributed by atoms with van der Waals surface area (Å²) in [5, 5.41) is 2.99. The van der Waals surface area contributed by atoms with Gasteiger partial charge in [0, 0.05) is 38.2 Å². The van der Waals surface area contributed by atoms with Crippen LogP contribution >= 0.6 is 0 Å². The molecule has 1 N–H and O–H groups in total. The molecule has 2 rings (SSSR count). The van der Waals surface area contributed by atoms with E-state index in [1.165, 1.54) is 0 Å². The molecule has 0 saturated carbocycles. The monoisotopic (exact) mass is 320 g/mol. The van der Waals surface area contributed by atoms with Gasteiger partial charge >= 0.3 is 0 Å². The number of nitrogens with one attached hydrogen (secondary N) is 1. The molecule has 0 radical (unpaired) electrons. The molecule has 0 atom stereocenters. The zero-order chi connectivity index (χ0) is 16.7. The van der Waals surface area contributed by atoms with Crippen molar-refractivity contribution in [3.8, 4) is 5.75 Å². The molecule has 1 aliphatic heterocycles. The minimum atomic E-state index is 0.00409. The van der Waals surface area contributed by atoms with Gasteiger partial charge in [0.15, 0.2) is 0 Å². The molecule has 6 nitrogen and oxygen atoms in total. The smallest absolute Gasteiger partial charge is 0.253 e. The van der Waals surface area contributed by atoms with Crippen molar-refractivity contribution in [2.75, 3.05) is 33.9 Å². The van der Waals surface area contributed by atoms with Crippen LogP contribution in [0.5, 0.6) is 5.75 Å². The number of carbonyl (C=O) groups excluding carboxylic acids is 2. The molecule has 0 bridgehead atoms. The van der Waals surface area contributed by atoms with Crippen molar-refractivity contribution in [2.45, 2.75) is 25.3 Å². The normalized spacial score (nSPS) is 15.3. The average Bonchev–Trinajstić information content (AvgIpc) is 2.60. The van der Waals surface area contributed by atoms with Crippen molar-refractivity contribution in [2.24, 2.45) is 0 Å². The van der Waals surface area contributed by atoms with Crippen molar-refractivity contribution in [3.05, 3.63) is 29.8 Å². The molecule has 126 valence electrons. The SMILES string of the molecule is COCCC(=O)NC1CCN(C(=O)c2cccc(OC)c2)CC1. The number of benzene rings is 1. The summed E-state index contributed by atoms with van der Waals surface area (Å²) in [7, 11) is 3.16. The fraction of sp³-hybridized carbons (Fsp3) is 0.529. The predicted molar refractivity (Wildman–Crippen MR) is 86.6 cm³/mol. The van der Waals surface area contributed by atoms with Gasteiger partial charge in [0.25, 0.3) is 5.91 Å². The van der Waals surface area contributed by atoms with Crippen LogP contribution < -0.4 is 10.1 Å². The van der Waals surface area contributed by atoms with Gasteiger partial charge in [-0.1, -0.05) is 6.07 Å². The third kappa shape index (κ3) is 4.96. The second-order valence-corrected chi connectivity index (χ2v) is 5.61. The number of likely N-dealkylation sites (tertiary alicyclic amines) is 1. The molecule has 1 fully saturated rings. The molecular formula is C17H24N2O4. The van der Waals surface area contributed by atoms with Crippen LogP contribution in [0.15, 0.2) is 24.3 Å². The fourth-order valence-electron chi connectivity index (χ4n) is 2.66. The Bertz CT molecular complexity index is 539. The van der Waals surface area contributed by atoms with E-state index in [-0.39, 0.29) is 17.9 Å². The highest BCUT2D eigenvalue weighted by atomic mass is 16.5. The van der Waals surface area contributed by atoms with Crippen LogP contribution in [0.4, 0.5) is 0 Å². The fourth-order valence-corrected chi connectivity index (χ4v) is 2.66. The molecule has 0 aromatic heterocycles. The number of piperidine rings is 1. The summed E-state index contributed by atoms with van der Waals surface area (Å²) < 4.78 is 10.1. The summed E-state index contributed by atoms with van der Waals surface area (Å²) in [5.41, 5.74) is 0.631. The summed E-state index contributed by atoms with van der Waals surface area (Å²) in [4.78, 5) is 26.0. The first kappa shape index (κ1) is 17.3. The predicted octanol–water partition coefficient (Wildman–Crippen LogP) is 1.45. The zero-order valence-corrected chi connectivity index (χ0v) is 13.7. The quantitative estimate of drug-likeness (QED) is 0.861. The topological polar surface area (TPSA) is 67.9 Å². The maximum Gasteiger partial charge on any atom is 0.253 e. The lowest BCUT2D eigenvalue weighted by Crippen LogP contribution is -2.46. The number of hydrogen-bond donors (Lipinski definition) is 1. The van der Waals surface area contributed by atoms with E-state index in [9.17, 15) is 9.59 Å². The summed E-state index contributed by atoms with van der Waals surface area (Å²) in [6, 6.07) is 7.31. The summed E-state index contributed by atoms with van der Waals surface area (Å²) in [6.07, 6.45) is 1.92. The van der Waals surface area contributed by atoms with Crippen molar-refractivity contribution in [1.29, 1.82) is 0 Å². The van der Waals surface area contributed by atoms with Crippen molar-refractivity contribution in [1.82, 2.24) is 10.2 Å². The maximum atomic E-state index is 12.5. The second-order valence-electron chi connectivity index (χ2n) is 5.61. The molecule has 1 heterocycles. The number of rotatable bonds is 6. The molecular weight excluding hydrogens is 296 g/mol. The first-order chi connectivity index (χ1) is 11.1. The Kier molecular flexibility index (Phi) is 6.40. The third-order valence-electron chi connectivity index (χ3n) is 4.00. The van der Waals surface area contributed by atoms with Crippen molar-refractivity contribution in [3.63, 3.8) is 0 Å². The van der Waals surface area contributed by atoms with Gasteiger partial charge in [-0.05, 0) is 31.0 Å². The van der Waals surface area contributed by atoms with Gasteiger partial charge in [0.2, 0.25) is 5.91 Å². The molecule has 1 aromatic carbocycles. The Morgan fingerprint density at radius 1 is 1.26 bits per heavy atom. The summed E-state index contributed by atoms with van der Waals surface area (Å²) in [5.74, 6) is 0.689. The van der Waals surface area contributed by atoms with E-state index in [4.69, 9.17) is 9.47 Å². The zero-order valence-electron chi connectivity index (χ0n) is 13.7. The highest BCUT2D eigenvalue weighted by Gasteiger charge is 2.24.